The van der Waals surface area contributed by atoms with Crippen LogP contribution >= 0.6 is 0 Å². The van der Waals surface area contributed by atoms with E-state index in [9.17, 15) is 0 Å². The van der Waals surface area contributed by atoms with Crippen LogP contribution in [0.15, 0.2) is 91.1 Å². The molecular weight excluding hydrogens is 320 g/mol. The first kappa shape index (κ1) is 16.0. The van der Waals surface area contributed by atoms with Gasteiger partial charge in [-0.25, -0.2) is 9.97 Å². The first-order valence-corrected chi connectivity index (χ1v) is 8.47. The minimum atomic E-state index is 0.719. The Balaban J connectivity index is 1.73. The molecule has 0 radical (unpaired) electrons. The van der Waals surface area contributed by atoms with Crippen molar-refractivity contribution in [2.24, 2.45) is 0 Å². The van der Waals surface area contributed by atoms with E-state index in [0.29, 0.717) is 0 Å². The van der Waals surface area contributed by atoms with Gasteiger partial charge < -0.3 is 4.74 Å². The van der Waals surface area contributed by atoms with E-state index >= 15 is 0 Å². The van der Waals surface area contributed by atoms with E-state index in [2.05, 4.69) is 35.3 Å². The van der Waals surface area contributed by atoms with Gasteiger partial charge in [0, 0.05) is 17.3 Å². The standard InChI is InChI=1S/C23H18N2O/c1-26-21-12-6-10-19(16-21)18-9-5-11-20(15-18)23-24-14-13-22(25-23)17-7-3-2-4-8-17/h2-16H,1H3. The van der Waals surface area contributed by atoms with Crippen molar-refractivity contribution in [2.45, 2.75) is 0 Å². The summed E-state index contributed by atoms with van der Waals surface area (Å²) < 4.78 is 5.33. The molecule has 0 saturated heterocycles. The zero-order chi connectivity index (χ0) is 17.8. The van der Waals surface area contributed by atoms with E-state index in [4.69, 9.17) is 9.72 Å². The van der Waals surface area contributed by atoms with Crippen LogP contribution in [0.1, 0.15) is 0 Å². The largest absolute Gasteiger partial charge is 0.497 e. The van der Waals surface area contributed by atoms with E-state index in [1.165, 1.54) is 0 Å². The molecule has 1 heterocycles. The third-order valence-corrected chi connectivity index (χ3v) is 4.25. The van der Waals surface area contributed by atoms with Crippen LogP contribution in [0, 0.1) is 0 Å². The highest BCUT2D eigenvalue weighted by atomic mass is 16.5. The van der Waals surface area contributed by atoms with Crippen LogP contribution in [-0.4, -0.2) is 17.1 Å². The lowest BCUT2D eigenvalue weighted by atomic mass is 10.0. The van der Waals surface area contributed by atoms with E-state index in [-0.39, 0.29) is 0 Å². The Bertz CT molecular complexity index is 1030. The Morgan fingerprint density at radius 3 is 2.15 bits per heavy atom. The topological polar surface area (TPSA) is 35.0 Å². The van der Waals surface area contributed by atoms with Gasteiger partial charge in [-0.2, -0.15) is 0 Å². The molecule has 0 aliphatic heterocycles. The second kappa shape index (κ2) is 7.19. The molecule has 0 unspecified atom stereocenters. The van der Waals surface area contributed by atoms with Crippen molar-refractivity contribution in [2.75, 3.05) is 7.11 Å². The molecule has 0 aliphatic carbocycles. The highest BCUT2D eigenvalue weighted by Gasteiger charge is 2.07. The number of nitrogens with zero attached hydrogens (tertiary/aromatic N) is 2. The van der Waals surface area contributed by atoms with Crippen LogP contribution in [-0.2, 0) is 0 Å². The molecule has 3 heteroatoms. The van der Waals surface area contributed by atoms with Crippen molar-refractivity contribution in [1.29, 1.82) is 0 Å². The Kier molecular flexibility index (Phi) is 4.44. The second-order valence-corrected chi connectivity index (χ2v) is 5.94. The number of aromatic nitrogens is 2. The first-order chi connectivity index (χ1) is 12.8. The van der Waals surface area contributed by atoms with Crippen LogP contribution in [0.4, 0.5) is 0 Å². The van der Waals surface area contributed by atoms with Gasteiger partial charge in [-0.1, -0.05) is 60.7 Å². The summed E-state index contributed by atoms with van der Waals surface area (Å²) in [5, 5.41) is 0. The molecule has 0 amide bonds. The Labute approximate surface area is 153 Å². The molecule has 3 aromatic carbocycles. The van der Waals surface area contributed by atoms with Crippen LogP contribution in [0.3, 0.4) is 0 Å². The van der Waals surface area contributed by atoms with Gasteiger partial charge >= 0.3 is 0 Å². The van der Waals surface area contributed by atoms with Gasteiger partial charge in [-0.15, -0.1) is 0 Å². The van der Waals surface area contributed by atoms with Crippen molar-refractivity contribution in [3.63, 3.8) is 0 Å². The van der Waals surface area contributed by atoms with Gasteiger partial charge in [0.1, 0.15) is 5.75 Å². The van der Waals surface area contributed by atoms with Gasteiger partial charge in [-0.3, -0.25) is 0 Å². The molecule has 26 heavy (non-hydrogen) atoms. The molecule has 0 atom stereocenters. The maximum Gasteiger partial charge on any atom is 0.159 e. The van der Waals surface area contributed by atoms with Gasteiger partial charge in [0.25, 0.3) is 0 Å². The van der Waals surface area contributed by atoms with Crippen molar-refractivity contribution >= 4 is 0 Å². The summed E-state index contributed by atoms with van der Waals surface area (Å²) in [6.45, 7) is 0. The summed E-state index contributed by atoms with van der Waals surface area (Å²) in [5.74, 6) is 1.56. The summed E-state index contributed by atoms with van der Waals surface area (Å²) in [6, 6.07) is 28.4. The fraction of sp³-hybridized carbons (Fsp3) is 0.0435. The minimum Gasteiger partial charge on any atom is -0.497 e. The molecule has 0 aliphatic rings. The summed E-state index contributed by atoms with van der Waals surface area (Å²) in [5.41, 5.74) is 5.20. The number of hydrogen-bond donors (Lipinski definition) is 0. The molecule has 4 aromatic rings. The fourth-order valence-corrected chi connectivity index (χ4v) is 2.91. The highest BCUT2D eigenvalue weighted by molar-refractivity contribution is 5.72. The third kappa shape index (κ3) is 3.33. The number of hydrogen-bond acceptors (Lipinski definition) is 3. The normalized spacial score (nSPS) is 10.5. The van der Waals surface area contributed by atoms with E-state index in [0.717, 1.165) is 39.5 Å². The zero-order valence-electron chi connectivity index (χ0n) is 14.5. The Morgan fingerprint density at radius 1 is 0.654 bits per heavy atom. The summed E-state index contributed by atoms with van der Waals surface area (Å²) in [4.78, 5) is 9.21. The molecule has 0 N–H and O–H groups in total. The minimum absolute atomic E-state index is 0.719. The van der Waals surface area contributed by atoms with Crippen molar-refractivity contribution in [3.8, 4) is 39.5 Å². The molecule has 0 bridgehead atoms. The summed E-state index contributed by atoms with van der Waals surface area (Å²) >= 11 is 0. The summed E-state index contributed by atoms with van der Waals surface area (Å²) in [7, 11) is 1.68. The van der Waals surface area contributed by atoms with Crippen molar-refractivity contribution < 1.29 is 4.74 Å². The Hall–Kier alpha value is -3.46. The van der Waals surface area contributed by atoms with Gasteiger partial charge in [0.2, 0.25) is 0 Å². The summed E-state index contributed by atoms with van der Waals surface area (Å²) in [6.07, 6.45) is 1.81. The molecule has 0 spiro atoms. The van der Waals surface area contributed by atoms with Crippen molar-refractivity contribution in [1.82, 2.24) is 9.97 Å². The maximum absolute atomic E-state index is 5.33. The molecular formula is C23H18N2O. The number of ether oxygens (including phenoxy) is 1. The first-order valence-electron chi connectivity index (χ1n) is 8.47. The van der Waals surface area contributed by atoms with Gasteiger partial charge in [0.05, 0.1) is 12.8 Å². The molecule has 126 valence electrons. The zero-order valence-corrected chi connectivity index (χ0v) is 14.5. The highest BCUT2D eigenvalue weighted by Crippen LogP contribution is 2.28. The second-order valence-electron chi connectivity index (χ2n) is 5.94. The van der Waals surface area contributed by atoms with Crippen LogP contribution in [0.2, 0.25) is 0 Å². The molecule has 0 fully saturated rings. The van der Waals surface area contributed by atoms with Crippen LogP contribution < -0.4 is 4.74 Å². The maximum atomic E-state index is 5.33. The average molecular weight is 338 g/mol. The fourth-order valence-electron chi connectivity index (χ4n) is 2.91. The van der Waals surface area contributed by atoms with Crippen LogP contribution in [0.25, 0.3) is 33.8 Å². The number of methoxy groups -OCH3 is 1. The van der Waals surface area contributed by atoms with E-state index in [1.54, 1.807) is 7.11 Å². The van der Waals surface area contributed by atoms with Gasteiger partial charge in [0.15, 0.2) is 5.82 Å². The van der Waals surface area contributed by atoms with E-state index in [1.807, 2.05) is 60.8 Å². The number of benzene rings is 3. The monoisotopic (exact) mass is 338 g/mol. The predicted molar refractivity (Wildman–Crippen MR) is 105 cm³/mol. The van der Waals surface area contributed by atoms with Crippen LogP contribution in [0.5, 0.6) is 5.75 Å². The number of rotatable bonds is 4. The predicted octanol–water partition coefficient (Wildman–Crippen LogP) is 5.49. The lowest BCUT2D eigenvalue weighted by Crippen LogP contribution is -1.92. The smallest absolute Gasteiger partial charge is 0.159 e. The van der Waals surface area contributed by atoms with Crippen molar-refractivity contribution in [3.05, 3.63) is 91.1 Å². The lowest BCUT2D eigenvalue weighted by Gasteiger charge is -2.08. The quantitative estimate of drug-likeness (QED) is 0.494. The molecule has 3 nitrogen and oxygen atoms in total. The molecule has 4 rings (SSSR count). The molecule has 0 saturated carbocycles. The Morgan fingerprint density at radius 2 is 1.35 bits per heavy atom. The third-order valence-electron chi connectivity index (χ3n) is 4.25. The molecule has 1 aromatic heterocycles. The lowest BCUT2D eigenvalue weighted by molar-refractivity contribution is 0.415. The average Bonchev–Trinajstić information content (AvgIpc) is 2.74. The van der Waals surface area contributed by atoms with E-state index < -0.39 is 0 Å². The van der Waals surface area contributed by atoms with Gasteiger partial charge in [-0.05, 0) is 35.4 Å². The SMILES string of the molecule is COc1cccc(-c2cccc(-c3nccc(-c4ccccc4)n3)c2)c1.